The monoisotopic (exact) mass is 162 g/mol. The summed E-state index contributed by atoms with van der Waals surface area (Å²) in [5, 5.41) is 0. The van der Waals surface area contributed by atoms with Gasteiger partial charge in [-0.05, 0) is 0 Å². The predicted octanol–water partition coefficient (Wildman–Crippen LogP) is 1.00. The van der Waals surface area contributed by atoms with Crippen LogP contribution in [0.25, 0.3) is 0 Å². The fourth-order valence-corrected chi connectivity index (χ4v) is 0. The normalized spacial score (nSPS) is 3.25. The van der Waals surface area contributed by atoms with Crippen LogP contribution in [0.15, 0.2) is 12.4 Å². The second kappa shape index (κ2) is 9.20. The van der Waals surface area contributed by atoms with Crippen molar-refractivity contribution in [1.82, 2.24) is 0 Å². The first-order chi connectivity index (χ1) is 1.41. The van der Waals surface area contributed by atoms with Crippen molar-refractivity contribution in [1.29, 1.82) is 0 Å². The third-order valence-corrected chi connectivity index (χ3v) is 0. The van der Waals surface area contributed by atoms with E-state index >= 15 is 0 Å². The summed E-state index contributed by atoms with van der Waals surface area (Å²) in [7, 11) is 2.34. The van der Waals surface area contributed by atoms with Gasteiger partial charge in [-0.1, -0.05) is 12.4 Å². The van der Waals surface area contributed by atoms with Crippen LogP contribution in [0.3, 0.4) is 0 Å². The molecule has 0 aliphatic heterocycles. The molecule has 0 heterocycles. The molecular weight excluding hydrogens is 156 g/mol. The third kappa shape index (κ3) is 14.3. The first-order valence-electron chi connectivity index (χ1n) is 0.742. The van der Waals surface area contributed by atoms with Crippen molar-refractivity contribution in [2.75, 3.05) is 0 Å². The van der Waals surface area contributed by atoms with Crippen molar-refractivity contribution in [2.45, 2.75) is 0 Å². The smallest absolute Gasteiger partial charge is 0 e. The maximum atomic E-state index is 3.32. The molecule has 0 rings (SSSR count). The molecule has 0 bridgehead atoms. The zero-order valence-electron chi connectivity index (χ0n) is 2.22. The summed E-state index contributed by atoms with van der Waals surface area (Å²) >= 11 is 0. The van der Waals surface area contributed by atoms with E-state index in [1.807, 2.05) is 0 Å². The molecule has 0 aromatic carbocycles. The van der Waals surface area contributed by atoms with Gasteiger partial charge in [0.05, 0.1) is 0 Å². The summed E-state index contributed by atoms with van der Waals surface area (Å²) in [6, 6.07) is 0. The van der Waals surface area contributed by atoms with Gasteiger partial charge < -0.3 is 0 Å². The second-order valence-corrected chi connectivity index (χ2v) is 0.707. The Labute approximate surface area is 41.6 Å². The molecule has 0 amide bonds. The average Bonchev–Trinajstić information content (AvgIpc) is 0.918. The Balaban J connectivity index is 0. The molecule has 0 aliphatic rings. The first kappa shape index (κ1) is 8.84. The van der Waals surface area contributed by atoms with Crippen LogP contribution in [0.2, 0.25) is 0 Å². The molecule has 0 aliphatic carbocycles. The first-order valence-corrected chi connectivity index (χ1v) is 1.41. The second-order valence-electron chi connectivity index (χ2n) is 0.236. The summed E-state index contributed by atoms with van der Waals surface area (Å²) in [5.74, 6) is 1.67. The van der Waals surface area contributed by atoms with E-state index in [4.69, 9.17) is 0 Å². The summed E-state index contributed by atoms with van der Waals surface area (Å²) in [6.45, 7) is 3.32. The molecule has 0 aromatic rings. The zero-order chi connectivity index (χ0) is 2.71. The Morgan fingerprint density at radius 2 is 1.75 bits per heavy atom. The molecule has 2 heteroatoms. The Kier molecular flexibility index (Phi) is 20.3. The van der Waals surface area contributed by atoms with Crippen LogP contribution >= 0.6 is 9.24 Å². The zero-order valence-corrected chi connectivity index (χ0v) is 5.11. The van der Waals surface area contributed by atoms with Crippen molar-refractivity contribution >= 4 is 9.24 Å². The van der Waals surface area contributed by atoms with E-state index in [1.165, 1.54) is 0 Å². The molecular formula is C2H5PRu. The maximum absolute atomic E-state index is 3.32. The van der Waals surface area contributed by atoms with Crippen LogP contribution in [0.4, 0.5) is 0 Å². The molecule has 0 aromatic heterocycles. The van der Waals surface area contributed by atoms with Crippen molar-refractivity contribution in [3.8, 4) is 0 Å². The molecule has 1 unspecified atom stereocenters. The van der Waals surface area contributed by atoms with Crippen molar-refractivity contribution in [3.05, 3.63) is 12.4 Å². The molecule has 0 spiro atoms. The molecule has 0 fully saturated rings. The van der Waals surface area contributed by atoms with Crippen molar-refractivity contribution in [2.24, 2.45) is 0 Å². The third-order valence-electron chi connectivity index (χ3n) is 0. The minimum absolute atomic E-state index is 0. The van der Waals surface area contributed by atoms with Crippen molar-refractivity contribution in [3.63, 3.8) is 0 Å². The molecule has 0 nitrogen and oxygen atoms in total. The van der Waals surface area contributed by atoms with Gasteiger partial charge in [-0.25, -0.2) is 0 Å². The molecule has 0 saturated heterocycles. The van der Waals surface area contributed by atoms with Crippen LogP contribution in [0.5, 0.6) is 0 Å². The van der Waals surface area contributed by atoms with Crippen LogP contribution in [0.1, 0.15) is 0 Å². The summed E-state index contributed by atoms with van der Waals surface area (Å²) in [6.07, 6.45) is 0. The summed E-state index contributed by atoms with van der Waals surface area (Å²) in [5.41, 5.74) is 0. The molecule has 0 radical (unpaired) electrons. The van der Waals surface area contributed by atoms with Crippen LogP contribution < -0.4 is 0 Å². The molecule has 0 N–H and O–H groups in total. The van der Waals surface area contributed by atoms with Gasteiger partial charge in [0, 0.05) is 19.5 Å². The SMILES string of the molecule is C=CP.[Ru]. The van der Waals surface area contributed by atoms with Crippen LogP contribution in [0, 0.1) is 0 Å². The quantitative estimate of drug-likeness (QED) is 0.367. The van der Waals surface area contributed by atoms with Gasteiger partial charge in [-0.15, -0.1) is 9.24 Å². The molecule has 0 saturated carbocycles. The van der Waals surface area contributed by atoms with Gasteiger partial charge in [0.15, 0.2) is 0 Å². The molecule has 26 valence electrons. The number of hydrogen-bond donors (Lipinski definition) is 0. The van der Waals surface area contributed by atoms with E-state index in [-0.39, 0.29) is 19.5 Å². The van der Waals surface area contributed by atoms with Crippen LogP contribution in [-0.2, 0) is 19.5 Å². The van der Waals surface area contributed by atoms with Gasteiger partial charge in [0.2, 0.25) is 0 Å². The minimum Gasteiger partial charge on any atom is -0.114 e. The van der Waals surface area contributed by atoms with Gasteiger partial charge in [-0.3, -0.25) is 0 Å². The summed E-state index contributed by atoms with van der Waals surface area (Å²) in [4.78, 5) is 0. The van der Waals surface area contributed by atoms with Gasteiger partial charge >= 0.3 is 0 Å². The van der Waals surface area contributed by atoms with E-state index in [2.05, 4.69) is 15.8 Å². The Bertz CT molecular complexity index is 13.5. The Hall–Kier alpha value is 0.793. The van der Waals surface area contributed by atoms with Crippen LogP contribution in [-0.4, -0.2) is 0 Å². The predicted molar refractivity (Wildman–Crippen MR) is 19.9 cm³/mol. The number of rotatable bonds is 0. The van der Waals surface area contributed by atoms with E-state index in [1.54, 1.807) is 5.82 Å². The maximum Gasteiger partial charge on any atom is 0 e. The molecule has 4 heavy (non-hydrogen) atoms. The topological polar surface area (TPSA) is 0 Å². The van der Waals surface area contributed by atoms with E-state index in [9.17, 15) is 0 Å². The Morgan fingerprint density at radius 3 is 1.75 bits per heavy atom. The fraction of sp³-hybridized carbons (Fsp3) is 0. The van der Waals surface area contributed by atoms with E-state index in [0.29, 0.717) is 0 Å². The standard InChI is InChI=1S/C2H5P.Ru/c1-2-3;/h2H,1,3H2;. The van der Waals surface area contributed by atoms with Crippen molar-refractivity contribution < 1.29 is 19.5 Å². The fourth-order valence-electron chi connectivity index (χ4n) is 0. The molecule has 1 atom stereocenters. The average molecular weight is 161 g/mol. The van der Waals surface area contributed by atoms with Gasteiger partial charge in [0.1, 0.15) is 0 Å². The van der Waals surface area contributed by atoms with E-state index < -0.39 is 0 Å². The van der Waals surface area contributed by atoms with Gasteiger partial charge in [0.25, 0.3) is 0 Å². The largest absolute Gasteiger partial charge is 0.114 e. The minimum atomic E-state index is 0. The number of hydrogen-bond acceptors (Lipinski definition) is 0. The van der Waals surface area contributed by atoms with Gasteiger partial charge in [-0.2, -0.15) is 0 Å². The summed E-state index contributed by atoms with van der Waals surface area (Å²) < 4.78 is 0. The van der Waals surface area contributed by atoms with E-state index in [0.717, 1.165) is 0 Å². The Morgan fingerprint density at radius 1 is 1.75 bits per heavy atom.